The highest BCUT2D eigenvalue weighted by Crippen LogP contribution is 2.13. The Morgan fingerprint density at radius 1 is 1.41 bits per heavy atom. The van der Waals surface area contributed by atoms with E-state index in [-0.39, 0.29) is 6.03 Å². The molecule has 0 radical (unpaired) electrons. The molecule has 0 saturated heterocycles. The van der Waals surface area contributed by atoms with Crippen LogP contribution in [0.1, 0.15) is 40.5 Å². The first kappa shape index (κ1) is 15.7. The molecule has 0 aliphatic carbocycles. The number of hydrogen-bond donors (Lipinski definition) is 2. The van der Waals surface area contributed by atoms with E-state index in [2.05, 4.69) is 5.32 Å². The molecule has 0 saturated carbocycles. The van der Waals surface area contributed by atoms with Crippen molar-refractivity contribution in [2.24, 2.45) is 5.92 Å². The molecule has 0 bridgehead atoms. The topological polar surface area (TPSA) is 69.6 Å². The first-order chi connectivity index (χ1) is 7.73. The predicted octanol–water partition coefficient (Wildman–Crippen LogP) is 1.93. The molecular formula is C12H24N2O3. The monoisotopic (exact) mass is 244 g/mol. The van der Waals surface area contributed by atoms with Crippen LogP contribution in [0.15, 0.2) is 0 Å². The number of rotatable bonds is 6. The summed E-state index contributed by atoms with van der Waals surface area (Å²) in [4.78, 5) is 24.5. The molecular weight excluding hydrogens is 220 g/mol. The van der Waals surface area contributed by atoms with Crippen molar-refractivity contribution in [2.45, 2.75) is 46.1 Å². The van der Waals surface area contributed by atoms with Crippen LogP contribution >= 0.6 is 0 Å². The number of carboxylic acids is 1. The molecule has 0 aromatic rings. The maximum Gasteiger partial charge on any atom is 0.329 e. The molecule has 0 fully saturated rings. The summed E-state index contributed by atoms with van der Waals surface area (Å²) in [7, 11) is 1.67. The number of urea groups is 1. The first-order valence-electron chi connectivity index (χ1n) is 5.99. The molecule has 0 heterocycles. The number of carbonyl (C=O) groups is 2. The summed E-state index contributed by atoms with van der Waals surface area (Å²) in [5.41, 5.74) is -1.18. The van der Waals surface area contributed by atoms with Crippen molar-refractivity contribution in [3.8, 4) is 0 Å². The van der Waals surface area contributed by atoms with Crippen molar-refractivity contribution in [1.29, 1.82) is 0 Å². The van der Waals surface area contributed by atoms with Gasteiger partial charge in [-0.2, -0.15) is 0 Å². The zero-order valence-electron chi connectivity index (χ0n) is 11.4. The lowest BCUT2D eigenvalue weighted by molar-refractivity contribution is -0.144. The lowest BCUT2D eigenvalue weighted by Gasteiger charge is -2.29. The van der Waals surface area contributed by atoms with Crippen LogP contribution in [0.25, 0.3) is 0 Å². The molecule has 1 unspecified atom stereocenters. The van der Waals surface area contributed by atoms with Gasteiger partial charge in [0.15, 0.2) is 0 Å². The van der Waals surface area contributed by atoms with Crippen LogP contribution < -0.4 is 5.32 Å². The quantitative estimate of drug-likeness (QED) is 0.750. The second kappa shape index (κ2) is 6.47. The SMILES string of the molecule is CCCC(C)(NC(=O)N(C)CC(C)C)C(=O)O. The average molecular weight is 244 g/mol. The summed E-state index contributed by atoms with van der Waals surface area (Å²) in [6, 6.07) is -0.336. The van der Waals surface area contributed by atoms with E-state index in [1.165, 1.54) is 4.90 Å². The van der Waals surface area contributed by atoms with Gasteiger partial charge in [0.05, 0.1) is 0 Å². The molecule has 0 spiro atoms. The van der Waals surface area contributed by atoms with Gasteiger partial charge in [0.25, 0.3) is 0 Å². The molecule has 0 aliphatic heterocycles. The molecule has 100 valence electrons. The molecule has 5 heteroatoms. The van der Waals surface area contributed by atoms with Crippen molar-refractivity contribution in [2.75, 3.05) is 13.6 Å². The van der Waals surface area contributed by atoms with Crippen LogP contribution in [0.2, 0.25) is 0 Å². The second-order valence-electron chi connectivity index (χ2n) is 5.09. The Labute approximate surface area is 103 Å². The van der Waals surface area contributed by atoms with Gasteiger partial charge in [-0.25, -0.2) is 9.59 Å². The van der Waals surface area contributed by atoms with Gasteiger partial charge >= 0.3 is 12.0 Å². The minimum atomic E-state index is -1.18. The zero-order chi connectivity index (χ0) is 13.6. The van der Waals surface area contributed by atoms with Crippen molar-refractivity contribution in [3.05, 3.63) is 0 Å². The van der Waals surface area contributed by atoms with Crippen molar-refractivity contribution >= 4 is 12.0 Å². The van der Waals surface area contributed by atoms with Gasteiger partial charge in [-0.3, -0.25) is 0 Å². The fourth-order valence-electron chi connectivity index (χ4n) is 1.68. The van der Waals surface area contributed by atoms with Crippen LogP contribution in [0, 0.1) is 5.92 Å². The third-order valence-corrected chi connectivity index (χ3v) is 2.59. The number of nitrogens with zero attached hydrogens (tertiary/aromatic N) is 1. The minimum absolute atomic E-state index is 0.336. The Balaban J connectivity index is 4.56. The lowest BCUT2D eigenvalue weighted by Crippen LogP contribution is -2.55. The normalized spacial score (nSPS) is 14.2. The maximum absolute atomic E-state index is 11.8. The van der Waals surface area contributed by atoms with E-state index in [1.807, 2.05) is 20.8 Å². The lowest BCUT2D eigenvalue weighted by atomic mass is 9.96. The molecule has 5 nitrogen and oxygen atoms in total. The fourth-order valence-corrected chi connectivity index (χ4v) is 1.68. The van der Waals surface area contributed by atoms with Crippen LogP contribution in [0.5, 0.6) is 0 Å². The number of carboxylic acid groups (broad SMARTS) is 1. The number of amides is 2. The summed E-state index contributed by atoms with van der Waals surface area (Å²) >= 11 is 0. The maximum atomic E-state index is 11.8. The predicted molar refractivity (Wildman–Crippen MR) is 66.9 cm³/mol. The zero-order valence-corrected chi connectivity index (χ0v) is 11.4. The summed E-state index contributed by atoms with van der Waals surface area (Å²) in [6.45, 7) is 8.05. The number of aliphatic carboxylic acids is 1. The second-order valence-corrected chi connectivity index (χ2v) is 5.09. The molecule has 2 amide bonds. The van der Waals surface area contributed by atoms with Crippen molar-refractivity contribution in [3.63, 3.8) is 0 Å². The first-order valence-corrected chi connectivity index (χ1v) is 5.99. The van der Waals surface area contributed by atoms with Crippen LogP contribution in [-0.2, 0) is 4.79 Å². The Morgan fingerprint density at radius 2 is 1.94 bits per heavy atom. The van der Waals surface area contributed by atoms with Gasteiger partial charge in [-0.05, 0) is 19.3 Å². The Kier molecular flexibility index (Phi) is 5.99. The largest absolute Gasteiger partial charge is 0.480 e. The van der Waals surface area contributed by atoms with E-state index in [9.17, 15) is 9.59 Å². The Morgan fingerprint density at radius 3 is 2.29 bits per heavy atom. The van der Waals surface area contributed by atoms with Gasteiger partial charge in [-0.15, -0.1) is 0 Å². The van der Waals surface area contributed by atoms with Crippen molar-refractivity contribution < 1.29 is 14.7 Å². The molecule has 1 atom stereocenters. The van der Waals surface area contributed by atoms with Crippen LogP contribution in [0.4, 0.5) is 4.79 Å². The number of nitrogens with one attached hydrogen (secondary N) is 1. The minimum Gasteiger partial charge on any atom is -0.480 e. The van der Waals surface area contributed by atoms with E-state index in [0.29, 0.717) is 25.3 Å². The smallest absolute Gasteiger partial charge is 0.329 e. The van der Waals surface area contributed by atoms with E-state index in [0.717, 1.165) is 0 Å². The van der Waals surface area contributed by atoms with Gasteiger partial charge < -0.3 is 15.3 Å². The van der Waals surface area contributed by atoms with Gasteiger partial charge in [-0.1, -0.05) is 27.2 Å². The molecule has 17 heavy (non-hydrogen) atoms. The van der Waals surface area contributed by atoms with Gasteiger partial charge in [0.1, 0.15) is 5.54 Å². The average Bonchev–Trinajstić information content (AvgIpc) is 2.16. The van der Waals surface area contributed by atoms with Gasteiger partial charge in [0, 0.05) is 13.6 Å². The van der Waals surface area contributed by atoms with E-state index in [4.69, 9.17) is 5.11 Å². The molecule has 0 aromatic heterocycles. The summed E-state index contributed by atoms with van der Waals surface area (Å²) in [5.74, 6) is -0.640. The highest BCUT2D eigenvalue weighted by Gasteiger charge is 2.34. The highest BCUT2D eigenvalue weighted by molar-refractivity contribution is 5.85. The van der Waals surface area contributed by atoms with E-state index >= 15 is 0 Å². The van der Waals surface area contributed by atoms with Crippen molar-refractivity contribution in [1.82, 2.24) is 10.2 Å². The molecule has 0 aromatic carbocycles. The van der Waals surface area contributed by atoms with Crippen LogP contribution in [-0.4, -0.2) is 41.1 Å². The van der Waals surface area contributed by atoms with E-state index < -0.39 is 11.5 Å². The standard InChI is InChI=1S/C12H24N2O3/c1-6-7-12(4,10(15)16)13-11(17)14(5)8-9(2)3/h9H,6-8H2,1-5H3,(H,13,17)(H,15,16). The van der Waals surface area contributed by atoms with Gasteiger partial charge in [0.2, 0.25) is 0 Å². The molecule has 2 N–H and O–H groups in total. The summed E-state index contributed by atoms with van der Waals surface area (Å²) < 4.78 is 0. The number of hydrogen-bond acceptors (Lipinski definition) is 2. The highest BCUT2D eigenvalue weighted by atomic mass is 16.4. The fraction of sp³-hybridized carbons (Fsp3) is 0.833. The number of carbonyl (C=O) groups excluding carboxylic acids is 1. The third-order valence-electron chi connectivity index (χ3n) is 2.59. The Hall–Kier alpha value is -1.26. The summed E-state index contributed by atoms with van der Waals surface area (Å²) in [6.07, 6.45) is 1.13. The molecule has 0 aliphatic rings. The molecule has 0 rings (SSSR count). The Bertz CT molecular complexity index is 279. The third kappa shape index (κ3) is 5.06. The van der Waals surface area contributed by atoms with E-state index in [1.54, 1.807) is 14.0 Å². The van der Waals surface area contributed by atoms with Crippen LogP contribution in [0.3, 0.4) is 0 Å². The summed E-state index contributed by atoms with van der Waals surface area (Å²) in [5, 5.41) is 11.7.